The molecule has 6 N–H and O–H groups in total. The van der Waals surface area contributed by atoms with Crippen LogP contribution in [0.3, 0.4) is 0 Å². The number of ether oxygens (including phenoxy) is 3. The molecule has 1 aliphatic heterocycles. The fraction of sp³-hybridized carbons (Fsp3) is 0.869. The second-order valence-electron chi connectivity index (χ2n) is 21.0. The fourth-order valence-electron chi connectivity index (χ4n) is 9.36. The van der Waals surface area contributed by atoms with Crippen molar-refractivity contribution in [1.82, 2.24) is 5.32 Å². The van der Waals surface area contributed by atoms with Crippen molar-refractivity contribution < 1.29 is 49.3 Å². The lowest BCUT2D eigenvalue weighted by molar-refractivity contribution is -0.302. The maximum absolute atomic E-state index is 13.0. The van der Waals surface area contributed by atoms with E-state index in [0.717, 1.165) is 77.0 Å². The Morgan fingerprint density at radius 2 is 0.889 bits per heavy atom. The molecular weight excluding hydrogens is 907 g/mol. The number of aliphatic hydroxyl groups excluding tert-OH is 5. The van der Waals surface area contributed by atoms with Gasteiger partial charge in [-0.05, 0) is 83.5 Å². The summed E-state index contributed by atoms with van der Waals surface area (Å²) in [6.07, 6.45) is 52.5. The van der Waals surface area contributed by atoms with Gasteiger partial charge in [-0.2, -0.15) is 0 Å². The van der Waals surface area contributed by atoms with E-state index in [9.17, 15) is 35.1 Å². The van der Waals surface area contributed by atoms with Gasteiger partial charge in [-0.25, -0.2) is 0 Å². The van der Waals surface area contributed by atoms with Gasteiger partial charge in [0.25, 0.3) is 0 Å². The van der Waals surface area contributed by atoms with Gasteiger partial charge in [0, 0.05) is 12.8 Å². The number of aliphatic hydroxyl groups is 5. The van der Waals surface area contributed by atoms with Gasteiger partial charge in [0.2, 0.25) is 5.91 Å². The molecule has 0 aromatic rings. The Hall–Kier alpha value is -2.12. The molecule has 0 aliphatic carbocycles. The summed E-state index contributed by atoms with van der Waals surface area (Å²) >= 11 is 0. The van der Waals surface area contributed by atoms with Crippen LogP contribution in [0, 0.1) is 0 Å². The predicted octanol–water partition coefficient (Wildman–Crippen LogP) is 13.9. The zero-order valence-corrected chi connectivity index (χ0v) is 46.4. The number of hydrogen-bond donors (Lipinski definition) is 6. The third-order valence-corrected chi connectivity index (χ3v) is 14.2. The Balaban J connectivity index is 2.01. The number of esters is 1. The molecule has 1 saturated heterocycles. The van der Waals surface area contributed by atoms with Crippen LogP contribution in [0.15, 0.2) is 36.5 Å². The lowest BCUT2D eigenvalue weighted by atomic mass is 9.99. The van der Waals surface area contributed by atoms with Gasteiger partial charge in [-0.1, -0.05) is 217 Å². The van der Waals surface area contributed by atoms with Crippen LogP contribution in [0.5, 0.6) is 0 Å². The average molecular weight is 1020 g/mol. The molecule has 0 bridgehead atoms. The van der Waals surface area contributed by atoms with Gasteiger partial charge in [-0.15, -0.1) is 0 Å². The molecule has 1 fully saturated rings. The molecule has 7 atom stereocenters. The molecule has 7 unspecified atom stereocenters. The van der Waals surface area contributed by atoms with E-state index >= 15 is 0 Å². The zero-order valence-electron chi connectivity index (χ0n) is 46.4. The second-order valence-corrected chi connectivity index (χ2v) is 21.0. The first-order valence-corrected chi connectivity index (χ1v) is 30.3. The first-order valence-electron chi connectivity index (χ1n) is 30.3. The summed E-state index contributed by atoms with van der Waals surface area (Å²) < 4.78 is 16.7. The number of carbonyl (C=O) groups excluding carboxylic acids is 2. The summed E-state index contributed by atoms with van der Waals surface area (Å²) in [5.74, 6) is -0.203. The van der Waals surface area contributed by atoms with Gasteiger partial charge in [0.15, 0.2) is 6.29 Å². The summed E-state index contributed by atoms with van der Waals surface area (Å²) in [6, 6.07) is -0.814. The molecule has 1 rings (SSSR count). The van der Waals surface area contributed by atoms with E-state index < -0.39 is 49.5 Å². The van der Waals surface area contributed by atoms with E-state index in [1.807, 2.05) is 6.08 Å². The summed E-state index contributed by atoms with van der Waals surface area (Å²) in [7, 11) is 0. The van der Waals surface area contributed by atoms with Crippen LogP contribution >= 0.6 is 0 Å². The highest BCUT2D eigenvalue weighted by atomic mass is 16.7. The topological polar surface area (TPSA) is 175 Å². The quantitative estimate of drug-likeness (QED) is 0.0195. The molecule has 11 nitrogen and oxygen atoms in total. The number of hydrogen-bond acceptors (Lipinski definition) is 10. The molecule has 0 spiro atoms. The van der Waals surface area contributed by atoms with Crippen molar-refractivity contribution in [2.75, 3.05) is 19.8 Å². The summed E-state index contributed by atoms with van der Waals surface area (Å²) in [5, 5.41) is 54.2. The highest BCUT2D eigenvalue weighted by Crippen LogP contribution is 2.23. The highest BCUT2D eigenvalue weighted by molar-refractivity contribution is 5.76. The van der Waals surface area contributed by atoms with Crippen molar-refractivity contribution in [3.8, 4) is 0 Å². The Kier molecular flexibility index (Phi) is 48.1. The van der Waals surface area contributed by atoms with Gasteiger partial charge < -0.3 is 45.1 Å². The minimum atomic E-state index is -1.57. The molecule has 422 valence electrons. The number of nitrogens with one attached hydrogen (secondary N) is 1. The number of amides is 1. The Bertz CT molecular complexity index is 1290. The molecule has 0 aromatic carbocycles. The first kappa shape index (κ1) is 67.9. The summed E-state index contributed by atoms with van der Waals surface area (Å²) in [5.41, 5.74) is 0. The molecule has 1 aliphatic rings. The van der Waals surface area contributed by atoms with Crippen molar-refractivity contribution in [2.24, 2.45) is 0 Å². The first-order chi connectivity index (χ1) is 35.2. The third-order valence-electron chi connectivity index (χ3n) is 14.2. The molecular formula is C61H113NO10. The Morgan fingerprint density at radius 1 is 0.500 bits per heavy atom. The smallest absolute Gasteiger partial charge is 0.305 e. The zero-order chi connectivity index (χ0) is 52.4. The fourth-order valence-corrected chi connectivity index (χ4v) is 9.36. The average Bonchev–Trinajstić information content (AvgIpc) is 3.38. The third kappa shape index (κ3) is 40.2. The van der Waals surface area contributed by atoms with Crippen LogP contribution in [0.1, 0.15) is 277 Å². The molecule has 1 heterocycles. The second kappa shape index (κ2) is 51.0. The van der Waals surface area contributed by atoms with Crippen molar-refractivity contribution in [3.63, 3.8) is 0 Å². The minimum Gasteiger partial charge on any atom is -0.466 e. The standard InChI is InChI=1S/C61H113NO10/c1-3-5-7-9-11-13-14-25-29-33-37-41-45-49-57(66)70-50-46-42-38-34-30-27-24-22-20-18-16-15-17-19-21-23-26-28-32-36-40-44-48-56(65)62-53(54(64)47-43-39-35-31-12-10-8-6-4-2)52-71-61-60(69)59(68)58(67)55(51-63)72-61/h13-14,17,19,43,47,53-55,58-61,63-64,67-69H,3-12,15-16,18,20-42,44-46,48-52H2,1-2H3,(H,62,65)/b14-13-,19-17-,47-43+. The number of allylic oxidation sites excluding steroid dienone is 5. The van der Waals surface area contributed by atoms with Crippen molar-refractivity contribution in [1.29, 1.82) is 0 Å². The number of unbranched alkanes of at least 4 members (excludes halogenated alkanes) is 34. The van der Waals surface area contributed by atoms with Crippen LogP contribution < -0.4 is 5.32 Å². The predicted molar refractivity (Wildman–Crippen MR) is 297 cm³/mol. The number of rotatable bonds is 52. The molecule has 11 heteroatoms. The van der Waals surface area contributed by atoms with Gasteiger partial charge in [-0.3, -0.25) is 9.59 Å². The van der Waals surface area contributed by atoms with Crippen LogP contribution in [0.4, 0.5) is 0 Å². The van der Waals surface area contributed by atoms with Crippen molar-refractivity contribution in [2.45, 2.75) is 320 Å². The SMILES string of the molecule is CCCCCC/C=C\CCCCCCCC(=O)OCCCCCCCCCCCCC/C=C\CCCCCCCCCC(=O)NC(COC1OC(CO)C(O)C(O)C1O)C(O)/C=C/CCCCCCCCC. The van der Waals surface area contributed by atoms with E-state index in [2.05, 4.69) is 43.5 Å². The molecule has 0 radical (unpaired) electrons. The van der Waals surface area contributed by atoms with E-state index in [1.54, 1.807) is 6.08 Å². The largest absolute Gasteiger partial charge is 0.466 e. The van der Waals surface area contributed by atoms with Crippen LogP contribution in [-0.2, 0) is 23.8 Å². The molecule has 1 amide bonds. The van der Waals surface area contributed by atoms with E-state index in [-0.39, 0.29) is 18.5 Å². The van der Waals surface area contributed by atoms with Crippen LogP contribution in [0.2, 0.25) is 0 Å². The van der Waals surface area contributed by atoms with Crippen molar-refractivity contribution in [3.05, 3.63) is 36.5 Å². The Morgan fingerprint density at radius 3 is 1.35 bits per heavy atom. The molecule has 0 saturated carbocycles. The van der Waals surface area contributed by atoms with Crippen LogP contribution in [-0.4, -0.2) is 100 Å². The normalized spacial score (nSPS) is 19.2. The lowest BCUT2D eigenvalue weighted by Gasteiger charge is -2.40. The van der Waals surface area contributed by atoms with E-state index in [0.29, 0.717) is 19.4 Å². The maximum atomic E-state index is 13.0. The van der Waals surface area contributed by atoms with Gasteiger partial charge in [0.05, 0.1) is 32.0 Å². The van der Waals surface area contributed by atoms with Gasteiger partial charge in [0.1, 0.15) is 24.4 Å². The number of carbonyl (C=O) groups is 2. The monoisotopic (exact) mass is 1020 g/mol. The van der Waals surface area contributed by atoms with Crippen LogP contribution in [0.25, 0.3) is 0 Å². The summed E-state index contributed by atoms with van der Waals surface area (Å²) in [6.45, 7) is 4.29. The van der Waals surface area contributed by atoms with E-state index in [4.69, 9.17) is 14.2 Å². The minimum absolute atomic E-state index is 0.0121. The maximum Gasteiger partial charge on any atom is 0.305 e. The van der Waals surface area contributed by atoms with Gasteiger partial charge >= 0.3 is 5.97 Å². The summed E-state index contributed by atoms with van der Waals surface area (Å²) in [4.78, 5) is 25.0. The molecule has 0 aromatic heterocycles. The van der Waals surface area contributed by atoms with Crippen molar-refractivity contribution >= 4 is 11.9 Å². The highest BCUT2D eigenvalue weighted by Gasteiger charge is 2.44. The molecule has 72 heavy (non-hydrogen) atoms. The lowest BCUT2D eigenvalue weighted by Crippen LogP contribution is -2.60. The van der Waals surface area contributed by atoms with E-state index in [1.165, 1.54) is 173 Å². The Labute approximate surface area is 441 Å².